The molecule has 2 aromatic carbocycles. The number of aliphatic carboxylic acids is 1. The summed E-state index contributed by atoms with van der Waals surface area (Å²) < 4.78 is 7.34. The summed E-state index contributed by atoms with van der Waals surface area (Å²) in [5, 5.41) is 8.98. The maximum absolute atomic E-state index is 13.0. The van der Waals surface area contributed by atoms with Crippen molar-refractivity contribution in [2.45, 2.75) is 33.4 Å². The molecule has 0 aliphatic rings. The standard InChI is InChI=1S/C25H25NO4/c1-17-9-11-21(12-10-17)24(27)23-18(2)13-15-26(23)14-5-7-20-6-4-8-22(16-20)30-19(3)25(28)29/h4-13,15-16,19H,14H2,1-3H3,(H,28,29)/b7-5+/t19-/m0/s1. The molecule has 0 amide bonds. The van der Waals surface area contributed by atoms with Gasteiger partial charge in [0.05, 0.1) is 5.69 Å². The summed E-state index contributed by atoms with van der Waals surface area (Å²) >= 11 is 0. The number of rotatable bonds is 8. The van der Waals surface area contributed by atoms with E-state index in [-0.39, 0.29) is 5.78 Å². The van der Waals surface area contributed by atoms with Gasteiger partial charge in [0, 0.05) is 18.3 Å². The minimum Gasteiger partial charge on any atom is -0.479 e. The van der Waals surface area contributed by atoms with Crippen LogP contribution in [0, 0.1) is 13.8 Å². The van der Waals surface area contributed by atoms with Crippen LogP contribution in [-0.4, -0.2) is 27.5 Å². The van der Waals surface area contributed by atoms with Gasteiger partial charge in [-0.1, -0.05) is 54.1 Å². The van der Waals surface area contributed by atoms with Gasteiger partial charge in [-0.05, 0) is 50.1 Å². The molecule has 5 heteroatoms. The van der Waals surface area contributed by atoms with E-state index in [2.05, 4.69) is 0 Å². The Morgan fingerprint density at radius 1 is 1.10 bits per heavy atom. The van der Waals surface area contributed by atoms with Crippen molar-refractivity contribution < 1.29 is 19.4 Å². The van der Waals surface area contributed by atoms with Gasteiger partial charge in [-0.3, -0.25) is 4.79 Å². The molecule has 1 heterocycles. The van der Waals surface area contributed by atoms with Crippen LogP contribution in [0.1, 0.15) is 39.7 Å². The molecule has 3 aromatic rings. The summed E-state index contributed by atoms with van der Waals surface area (Å²) in [6.45, 7) is 5.96. The van der Waals surface area contributed by atoms with E-state index in [1.54, 1.807) is 12.1 Å². The Hall–Kier alpha value is -3.60. The second-order valence-corrected chi connectivity index (χ2v) is 7.27. The van der Waals surface area contributed by atoms with Gasteiger partial charge in [0.1, 0.15) is 5.75 Å². The lowest BCUT2D eigenvalue weighted by Crippen LogP contribution is -2.22. The molecule has 3 rings (SSSR count). The molecular formula is C25H25NO4. The molecule has 1 N–H and O–H groups in total. The molecule has 0 spiro atoms. The number of ketones is 1. The van der Waals surface area contributed by atoms with Crippen molar-refractivity contribution in [2.75, 3.05) is 0 Å². The van der Waals surface area contributed by atoms with Crippen LogP contribution in [0.4, 0.5) is 0 Å². The predicted molar refractivity (Wildman–Crippen MR) is 117 cm³/mol. The molecule has 0 aliphatic heterocycles. The molecule has 1 atom stereocenters. The number of carboxylic acid groups (broad SMARTS) is 1. The van der Waals surface area contributed by atoms with Gasteiger partial charge in [-0.25, -0.2) is 4.79 Å². The normalized spacial score (nSPS) is 12.1. The third-order valence-corrected chi connectivity index (χ3v) is 4.83. The number of carbonyl (C=O) groups is 2. The average molecular weight is 403 g/mol. The second kappa shape index (κ2) is 9.27. The van der Waals surface area contributed by atoms with E-state index in [1.165, 1.54) is 6.92 Å². The summed E-state index contributed by atoms with van der Waals surface area (Å²) in [5.74, 6) is -0.507. The van der Waals surface area contributed by atoms with Crippen molar-refractivity contribution in [1.82, 2.24) is 4.57 Å². The minimum absolute atomic E-state index is 0.00366. The van der Waals surface area contributed by atoms with Gasteiger partial charge in [-0.2, -0.15) is 0 Å². The molecular weight excluding hydrogens is 378 g/mol. The Bertz CT molecular complexity index is 1080. The Labute approximate surface area is 176 Å². The first-order valence-electron chi connectivity index (χ1n) is 9.78. The second-order valence-electron chi connectivity index (χ2n) is 7.27. The molecule has 0 saturated carbocycles. The lowest BCUT2D eigenvalue weighted by Gasteiger charge is -2.10. The molecule has 30 heavy (non-hydrogen) atoms. The third kappa shape index (κ3) is 5.06. The number of carbonyl (C=O) groups excluding carboxylic acids is 1. The maximum Gasteiger partial charge on any atom is 0.344 e. The van der Waals surface area contributed by atoms with Crippen molar-refractivity contribution in [3.8, 4) is 5.75 Å². The molecule has 154 valence electrons. The summed E-state index contributed by atoms with van der Waals surface area (Å²) in [6, 6.07) is 16.8. The molecule has 0 unspecified atom stereocenters. The van der Waals surface area contributed by atoms with E-state index in [1.807, 2.05) is 79.2 Å². The number of carboxylic acids is 1. The van der Waals surface area contributed by atoms with Crippen molar-refractivity contribution in [3.05, 3.63) is 94.8 Å². The Balaban J connectivity index is 1.74. The highest BCUT2D eigenvalue weighted by Crippen LogP contribution is 2.18. The van der Waals surface area contributed by atoms with Gasteiger partial charge in [0.2, 0.25) is 5.78 Å². The molecule has 1 aromatic heterocycles. The zero-order valence-electron chi connectivity index (χ0n) is 17.3. The van der Waals surface area contributed by atoms with Crippen LogP contribution in [0.5, 0.6) is 5.75 Å². The monoisotopic (exact) mass is 403 g/mol. The Morgan fingerprint density at radius 3 is 2.53 bits per heavy atom. The molecule has 0 radical (unpaired) electrons. The first-order valence-corrected chi connectivity index (χ1v) is 9.78. The van der Waals surface area contributed by atoms with Gasteiger partial charge in [-0.15, -0.1) is 0 Å². The highest BCUT2D eigenvalue weighted by Gasteiger charge is 2.16. The van der Waals surface area contributed by atoms with E-state index >= 15 is 0 Å². The van der Waals surface area contributed by atoms with Crippen molar-refractivity contribution in [3.63, 3.8) is 0 Å². The van der Waals surface area contributed by atoms with Crippen molar-refractivity contribution in [2.24, 2.45) is 0 Å². The van der Waals surface area contributed by atoms with Crippen molar-refractivity contribution in [1.29, 1.82) is 0 Å². The summed E-state index contributed by atoms with van der Waals surface area (Å²) in [5.41, 5.74) is 4.29. The van der Waals surface area contributed by atoms with Crippen molar-refractivity contribution >= 4 is 17.8 Å². The number of ether oxygens (including phenoxy) is 1. The smallest absolute Gasteiger partial charge is 0.344 e. The fourth-order valence-electron chi connectivity index (χ4n) is 3.13. The lowest BCUT2D eigenvalue weighted by molar-refractivity contribution is -0.144. The van der Waals surface area contributed by atoms with Crippen LogP contribution in [0.25, 0.3) is 6.08 Å². The molecule has 0 bridgehead atoms. The maximum atomic E-state index is 13.0. The predicted octanol–water partition coefficient (Wildman–Crippen LogP) is 4.90. The number of allylic oxidation sites excluding steroid dienone is 1. The van der Waals surface area contributed by atoms with E-state index in [9.17, 15) is 9.59 Å². The van der Waals surface area contributed by atoms with Gasteiger partial charge < -0.3 is 14.4 Å². The number of aromatic nitrogens is 1. The Kier molecular flexibility index (Phi) is 6.52. The highest BCUT2D eigenvalue weighted by atomic mass is 16.5. The molecule has 0 saturated heterocycles. The first kappa shape index (κ1) is 21.1. The lowest BCUT2D eigenvalue weighted by atomic mass is 10.0. The van der Waals surface area contributed by atoms with E-state index in [4.69, 9.17) is 9.84 Å². The van der Waals surface area contributed by atoms with Gasteiger partial charge in [0.15, 0.2) is 6.10 Å². The molecule has 0 fully saturated rings. The number of aryl methyl sites for hydroxylation is 2. The van der Waals surface area contributed by atoms with Crippen LogP contribution in [0.2, 0.25) is 0 Å². The van der Waals surface area contributed by atoms with Gasteiger partial charge >= 0.3 is 5.97 Å². The number of benzene rings is 2. The van der Waals surface area contributed by atoms with E-state index in [0.29, 0.717) is 23.6 Å². The zero-order valence-corrected chi connectivity index (χ0v) is 17.3. The van der Waals surface area contributed by atoms with Crippen LogP contribution < -0.4 is 4.74 Å². The van der Waals surface area contributed by atoms with E-state index in [0.717, 1.165) is 16.7 Å². The quantitative estimate of drug-likeness (QED) is 0.543. The molecule has 0 aliphatic carbocycles. The Morgan fingerprint density at radius 2 is 1.83 bits per heavy atom. The largest absolute Gasteiger partial charge is 0.479 e. The first-order chi connectivity index (χ1) is 14.3. The van der Waals surface area contributed by atoms with Crippen LogP contribution in [0.3, 0.4) is 0 Å². The van der Waals surface area contributed by atoms with E-state index < -0.39 is 12.1 Å². The summed E-state index contributed by atoms with van der Waals surface area (Å²) in [4.78, 5) is 23.9. The number of hydrogen-bond donors (Lipinski definition) is 1. The van der Waals surface area contributed by atoms with Crippen LogP contribution in [0.15, 0.2) is 66.9 Å². The molecule has 5 nitrogen and oxygen atoms in total. The fourth-order valence-corrected chi connectivity index (χ4v) is 3.13. The minimum atomic E-state index is -1.01. The summed E-state index contributed by atoms with van der Waals surface area (Å²) in [7, 11) is 0. The van der Waals surface area contributed by atoms with Crippen LogP contribution in [-0.2, 0) is 11.3 Å². The topological polar surface area (TPSA) is 68.5 Å². The highest BCUT2D eigenvalue weighted by molar-refractivity contribution is 6.08. The average Bonchev–Trinajstić information content (AvgIpc) is 3.08. The third-order valence-electron chi connectivity index (χ3n) is 4.83. The summed E-state index contributed by atoms with van der Waals surface area (Å²) in [6.07, 6.45) is 4.89. The number of nitrogens with zero attached hydrogens (tertiary/aromatic N) is 1. The SMILES string of the molecule is Cc1ccc(C(=O)c2c(C)ccn2C/C=C/c2cccc(O[C@@H](C)C(=O)O)c2)cc1. The fraction of sp³-hybridized carbons (Fsp3) is 0.200. The number of hydrogen-bond acceptors (Lipinski definition) is 3. The zero-order chi connectivity index (χ0) is 21.7. The van der Waals surface area contributed by atoms with Crippen LogP contribution >= 0.6 is 0 Å². The van der Waals surface area contributed by atoms with Gasteiger partial charge in [0.25, 0.3) is 0 Å².